The van der Waals surface area contributed by atoms with E-state index in [1.807, 2.05) is 0 Å². The number of nitrogens with one attached hydrogen (secondary N) is 1. The molecule has 1 saturated carbocycles. The third-order valence-corrected chi connectivity index (χ3v) is 6.41. The van der Waals surface area contributed by atoms with Crippen molar-refractivity contribution in [2.45, 2.75) is 65.0 Å². The van der Waals surface area contributed by atoms with Gasteiger partial charge in [-0.2, -0.15) is 17.0 Å². The van der Waals surface area contributed by atoms with Gasteiger partial charge in [-0.1, -0.05) is 27.2 Å². The van der Waals surface area contributed by atoms with Gasteiger partial charge in [-0.3, -0.25) is 0 Å². The third kappa shape index (κ3) is 4.41. The quantitative estimate of drug-likeness (QED) is 0.743. The first-order valence-electron chi connectivity index (χ1n) is 8.46. The molecular weight excluding hydrogens is 286 g/mol. The minimum Gasteiger partial charge on any atom is -0.315 e. The fraction of sp³-hybridized carbons (Fsp3) is 1.00. The number of rotatable bonds is 8. The van der Waals surface area contributed by atoms with Gasteiger partial charge in [0.1, 0.15) is 0 Å². The van der Waals surface area contributed by atoms with Gasteiger partial charge in [0.15, 0.2) is 0 Å². The second-order valence-electron chi connectivity index (χ2n) is 6.77. The standard InChI is InChI=1S/C15H31N3O2S/c1-4-16-11-15-7-5-6-10-17(15)21(19,20)18(12-13(2)3)14-8-9-14/h13-16H,4-12H2,1-3H3. The highest BCUT2D eigenvalue weighted by atomic mass is 32.2. The molecule has 1 unspecified atom stereocenters. The van der Waals surface area contributed by atoms with E-state index in [0.717, 1.165) is 45.2 Å². The molecule has 1 saturated heterocycles. The Morgan fingerprint density at radius 2 is 1.95 bits per heavy atom. The first-order chi connectivity index (χ1) is 9.96. The molecule has 0 bridgehead atoms. The zero-order valence-corrected chi connectivity index (χ0v) is 14.5. The normalized spacial score (nSPS) is 24.9. The van der Waals surface area contributed by atoms with Gasteiger partial charge >= 0.3 is 0 Å². The topological polar surface area (TPSA) is 52.7 Å². The van der Waals surface area contributed by atoms with Crippen LogP contribution in [0.1, 0.15) is 52.9 Å². The molecule has 0 amide bonds. The van der Waals surface area contributed by atoms with E-state index in [4.69, 9.17) is 0 Å². The molecule has 0 radical (unpaired) electrons. The molecule has 0 aromatic heterocycles. The van der Waals surface area contributed by atoms with Crippen molar-refractivity contribution in [3.63, 3.8) is 0 Å². The lowest BCUT2D eigenvalue weighted by atomic mass is 10.1. The van der Waals surface area contributed by atoms with Crippen molar-refractivity contribution >= 4 is 10.2 Å². The summed E-state index contributed by atoms with van der Waals surface area (Å²) in [5, 5.41) is 3.32. The second kappa shape index (κ2) is 7.40. The molecule has 6 heteroatoms. The molecular formula is C15H31N3O2S. The Balaban J connectivity index is 2.13. The molecule has 1 aliphatic carbocycles. The molecule has 1 heterocycles. The largest absolute Gasteiger partial charge is 0.315 e. The number of likely N-dealkylation sites (N-methyl/N-ethyl adjacent to an activating group) is 1. The van der Waals surface area contributed by atoms with Crippen LogP contribution >= 0.6 is 0 Å². The Morgan fingerprint density at radius 3 is 2.52 bits per heavy atom. The summed E-state index contributed by atoms with van der Waals surface area (Å²) in [7, 11) is -3.31. The van der Waals surface area contributed by atoms with Crippen molar-refractivity contribution in [1.82, 2.24) is 13.9 Å². The second-order valence-corrected chi connectivity index (χ2v) is 8.60. The van der Waals surface area contributed by atoms with Crippen LogP contribution in [-0.2, 0) is 10.2 Å². The van der Waals surface area contributed by atoms with Gasteiger partial charge in [0.25, 0.3) is 10.2 Å². The van der Waals surface area contributed by atoms with Crippen molar-refractivity contribution < 1.29 is 8.42 Å². The molecule has 21 heavy (non-hydrogen) atoms. The van der Waals surface area contributed by atoms with Crippen molar-refractivity contribution in [2.75, 3.05) is 26.2 Å². The van der Waals surface area contributed by atoms with Gasteiger partial charge in [-0.15, -0.1) is 0 Å². The molecule has 5 nitrogen and oxygen atoms in total. The van der Waals surface area contributed by atoms with Gasteiger partial charge in [0.2, 0.25) is 0 Å². The fourth-order valence-electron chi connectivity index (χ4n) is 3.08. The highest BCUT2D eigenvalue weighted by Gasteiger charge is 2.43. The predicted molar refractivity (Wildman–Crippen MR) is 86.4 cm³/mol. The highest BCUT2D eigenvalue weighted by molar-refractivity contribution is 7.86. The predicted octanol–water partition coefficient (Wildman–Crippen LogP) is 1.82. The number of nitrogens with zero attached hydrogens (tertiary/aromatic N) is 2. The summed E-state index contributed by atoms with van der Waals surface area (Å²) in [6.07, 6.45) is 5.15. The lowest BCUT2D eigenvalue weighted by Crippen LogP contribution is -2.54. The van der Waals surface area contributed by atoms with E-state index in [9.17, 15) is 8.42 Å². The molecule has 2 rings (SSSR count). The Hall–Kier alpha value is -0.170. The molecule has 2 aliphatic rings. The Labute approximate surface area is 130 Å². The summed E-state index contributed by atoms with van der Waals surface area (Å²) in [6, 6.07) is 0.372. The van der Waals surface area contributed by atoms with Crippen LogP contribution in [0.15, 0.2) is 0 Å². The van der Waals surface area contributed by atoms with E-state index in [0.29, 0.717) is 19.0 Å². The molecule has 1 aliphatic heterocycles. The van der Waals surface area contributed by atoms with E-state index < -0.39 is 10.2 Å². The van der Waals surface area contributed by atoms with Crippen LogP contribution in [0, 0.1) is 5.92 Å². The zero-order chi connectivity index (χ0) is 15.5. The van der Waals surface area contributed by atoms with Crippen molar-refractivity contribution in [3.8, 4) is 0 Å². The molecule has 0 spiro atoms. The van der Waals surface area contributed by atoms with E-state index in [1.165, 1.54) is 0 Å². The number of hydrogen-bond donors (Lipinski definition) is 1. The smallest absolute Gasteiger partial charge is 0.282 e. The fourth-order valence-corrected chi connectivity index (χ4v) is 5.34. The van der Waals surface area contributed by atoms with E-state index in [1.54, 1.807) is 8.61 Å². The minimum atomic E-state index is -3.31. The molecule has 0 aromatic carbocycles. The van der Waals surface area contributed by atoms with Crippen LogP contribution in [0.2, 0.25) is 0 Å². The summed E-state index contributed by atoms with van der Waals surface area (Å²) >= 11 is 0. The average Bonchev–Trinajstić information content (AvgIpc) is 3.27. The van der Waals surface area contributed by atoms with Gasteiger partial charge in [-0.25, -0.2) is 0 Å². The van der Waals surface area contributed by atoms with E-state index >= 15 is 0 Å². The van der Waals surface area contributed by atoms with E-state index in [-0.39, 0.29) is 12.1 Å². The maximum absolute atomic E-state index is 13.1. The summed E-state index contributed by atoms with van der Waals surface area (Å²) in [4.78, 5) is 0. The van der Waals surface area contributed by atoms with Crippen molar-refractivity contribution in [2.24, 2.45) is 5.92 Å². The summed E-state index contributed by atoms with van der Waals surface area (Å²) in [6.45, 7) is 9.25. The maximum atomic E-state index is 13.1. The Morgan fingerprint density at radius 1 is 1.24 bits per heavy atom. The SMILES string of the molecule is CCNCC1CCCCN1S(=O)(=O)N(CC(C)C)C1CC1. The van der Waals surface area contributed by atoms with E-state index in [2.05, 4.69) is 26.1 Å². The van der Waals surface area contributed by atoms with Gasteiger partial charge in [-0.05, 0) is 38.1 Å². The Bertz CT molecular complexity index is 421. The Kier molecular flexibility index (Phi) is 6.05. The average molecular weight is 317 g/mol. The van der Waals surface area contributed by atoms with Crippen LogP contribution in [0.3, 0.4) is 0 Å². The number of hydrogen-bond acceptors (Lipinski definition) is 3. The number of piperidine rings is 1. The molecule has 1 atom stereocenters. The van der Waals surface area contributed by atoms with Crippen LogP contribution in [0.4, 0.5) is 0 Å². The van der Waals surface area contributed by atoms with Gasteiger partial charge in [0.05, 0.1) is 0 Å². The van der Waals surface area contributed by atoms with Crippen LogP contribution in [-0.4, -0.2) is 55.3 Å². The maximum Gasteiger partial charge on any atom is 0.282 e. The lowest BCUT2D eigenvalue weighted by Gasteiger charge is -2.38. The third-order valence-electron chi connectivity index (χ3n) is 4.30. The van der Waals surface area contributed by atoms with Crippen molar-refractivity contribution in [1.29, 1.82) is 0 Å². The van der Waals surface area contributed by atoms with Crippen LogP contribution in [0.5, 0.6) is 0 Å². The summed E-state index contributed by atoms with van der Waals surface area (Å²) in [5.41, 5.74) is 0. The molecule has 1 N–H and O–H groups in total. The molecule has 0 aromatic rings. The highest BCUT2D eigenvalue weighted by Crippen LogP contribution is 2.33. The van der Waals surface area contributed by atoms with Gasteiger partial charge in [0, 0.05) is 31.7 Å². The summed E-state index contributed by atoms with van der Waals surface area (Å²) in [5.74, 6) is 0.373. The zero-order valence-electron chi connectivity index (χ0n) is 13.7. The molecule has 2 fully saturated rings. The molecule has 124 valence electrons. The summed E-state index contributed by atoms with van der Waals surface area (Å²) < 4.78 is 29.8. The minimum absolute atomic E-state index is 0.122. The van der Waals surface area contributed by atoms with Crippen molar-refractivity contribution in [3.05, 3.63) is 0 Å². The monoisotopic (exact) mass is 317 g/mol. The first kappa shape index (κ1) is 17.2. The lowest BCUT2D eigenvalue weighted by molar-refractivity contribution is 0.220. The van der Waals surface area contributed by atoms with Gasteiger partial charge < -0.3 is 5.32 Å². The van der Waals surface area contributed by atoms with Crippen LogP contribution < -0.4 is 5.32 Å². The first-order valence-corrected chi connectivity index (χ1v) is 9.85. The van der Waals surface area contributed by atoms with Crippen LogP contribution in [0.25, 0.3) is 0 Å².